The molecule has 1 atom stereocenters. The normalized spacial score (nSPS) is 14.5. The molecule has 4 heterocycles. The van der Waals surface area contributed by atoms with E-state index in [1.54, 1.807) is 0 Å². The fourth-order valence-corrected chi connectivity index (χ4v) is 10.4. The third-order valence-corrected chi connectivity index (χ3v) is 13.1. The zero-order valence-electron chi connectivity index (χ0n) is 33.6. The van der Waals surface area contributed by atoms with Crippen LogP contribution in [0, 0.1) is 0 Å². The highest BCUT2D eigenvalue weighted by atomic mass is 15.0. The molecule has 1 unspecified atom stereocenters. The Balaban J connectivity index is 0.960. The fraction of sp³-hybridized carbons (Fsp3) is 0.0172. The maximum absolute atomic E-state index is 5.20. The largest absolute Gasteiger partial charge is 0.309 e. The van der Waals surface area contributed by atoms with Gasteiger partial charge in [0.1, 0.15) is 0 Å². The first-order chi connectivity index (χ1) is 30.7. The highest BCUT2D eigenvalue weighted by molar-refractivity contribution is 6.13. The van der Waals surface area contributed by atoms with E-state index >= 15 is 0 Å². The van der Waals surface area contributed by atoms with Crippen molar-refractivity contribution < 1.29 is 0 Å². The Kier molecular flexibility index (Phi) is 7.49. The van der Waals surface area contributed by atoms with E-state index in [1.807, 2.05) is 30.5 Å². The van der Waals surface area contributed by atoms with Gasteiger partial charge < -0.3 is 4.57 Å². The van der Waals surface area contributed by atoms with Crippen molar-refractivity contribution in [2.75, 3.05) is 0 Å². The Bertz CT molecular complexity index is 3570. The minimum absolute atomic E-state index is 0.502. The third-order valence-electron chi connectivity index (χ3n) is 13.1. The summed E-state index contributed by atoms with van der Waals surface area (Å²) in [5.41, 5.74) is 20.1. The average Bonchev–Trinajstić information content (AvgIpc) is 3.85. The lowest BCUT2D eigenvalue weighted by atomic mass is 9.65. The lowest BCUT2D eigenvalue weighted by Gasteiger charge is -2.39. The second-order valence-electron chi connectivity index (χ2n) is 16.3. The molecule has 0 N–H and O–H groups in total. The van der Waals surface area contributed by atoms with Crippen LogP contribution >= 0.6 is 0 Å². The van der Waals surface area contributed by atoms with E-state index in [-0.39, 0.29) is 0 Å². The van der Waals surface area contributed by atoms with Crippen LogP contribution in [0.1, 0.15) is 22.3 Å². The second kappa shape index (κ2) is 13.4. The molecule has 1 aliphatic heterocycles. The fourth-order valence-electron chi connectivity index (χ4n) is 10.4. The number of pyridine rings is 1. The van der Waals surface area contributed by atoms with E-state index < -0.39 is 5.41 Å². The van der Waals surface area contributed by atoms with Gasteiger partial charge in [-0.3, -0.25) is 4.98 Å². The zero-order valence-corrected chi connectivity index (χ0v) is 33.6. The summed E-state index contributed by atoms with van der Waals surface area (Å²) in [7, 11) is 0. The van der Waals surface area contributed by atoms with Crippen LogP contribution in [0.25, 0.3) is 94.9 Å². The standard InChI is InChI=1S/C58H36N4/c1-2-14-38(15-3-1)52-36-53(42-17-12-16-41(34-42)51-24-10-11-33-59-51)61-57(60-52)39-29-27-37(28-30-39)40-31-32-44-43-18-4-6-21-47(43)58(50(44)35-40)48-22-7-9-26-55(48)62-54-25-8-5-19-45(54)46-20-13-23-49(58)56(46)62/h1-36H. The lowest BCUT2D eigenvalue weighted by Crippen LogP contribution is -2.33. The first kappa shape index (κ1) is 34.6. The second-order valence-corrected chi connectivity index (χ2v) is 16.3. The molecule has 0 bridgehead atoms. The van der Waals surface area contributed by atoms with Gasteiger partial charge in [-0.1, -0.05) is 170 Å². The molecule has 4 heteroatoms. The molecule has 1 spiro atoms. The van der Waals surface area contributed by atoms with Crippen molar-refractivity contribution in [1.29, 1.82) is 0 Å². The molecule has 0 fully saturated rings. The van der Waals surface area contributed by atoms with Gasteiger partial charge >= 0.3 is 0 Å². The molecule has 3 aromatic heterocycles. The van der Waals surface area contributed by atoms with Crippen molar-refractivity contribution in [3.05, 3.63) is 241 Å². The van der Waals surface area contributed by atoms with E-state index in [4.69, 9.17) is 9.97 Å². The summed E-state index contributed by atoms with van der Waals surface area (Å²) in [4.78, 5) is 15.0. The number of nitrogens with zero attached hydrogens (tertiary/aromatic N) is 4. The average molecular weight is 789 g/mol. The lowest BCUT2D eigenvalue weighted by molar-refractivity contribution is 0.749. The Labute approximate surface area is 359 Å². The molecule has 8 aromatic carbocycles. The van der Waals surface area contributed by atoms with Crippen molar-refractivity contribution in [3.8, 4) is 73.1 Å². The smallest absolute Gasteiger partial charge is 0.160 e. The summed E-state index contributed by atoms with van der Waals surface area (Å²) in [6, 6.07) is 76.6. The van der Waals surface area contributed by atoms with Crippen LogP contribution in [0.2, 0.25) is 0 Å². The molecule has 11 aromatic rings. The quantitative estimate of drug-likeness (QED) is 0.174. The first-order valence-electron chi connectivity index (χ1n) is 21.2. The number of hydrogen-bond acceptors (Lipinski definition) is 3. The van der Waals surface area contributed by atoms with Crippen LogP contribution in [0.3, 0.4) is 0 Å². The van der Waals surface area contributed by atoms with Crippen molar-refractivity contribution in [2.24, 2.45) is 0 Å². The minimum Gasteiger partial charge on any atom is -0.309 e. The molecule has 2 aliphatic rings. The van der Waals surface area contributed by atoms with E-state index in [1.165, 1.54) is 66.4 Å². The Morgan fingerprint density at radius 1 is 0.355 bits per heavy atom. The zero-order chi connectivity index (χ0) is 40.8. The molecule has 288 valence electrons. The van der Waals surface area contributed by atoms with Crippen molar-refractivity contribution >= 4 is 21.8 Å². The molecular weight excluding hydrogens is 753 g/mol. The maximum atomic E-state index is 5.20. The van der Waals surface area contributed by atoms with Crippen LogP contribution < -0.4 is 0 Å². The van der Waals surface area contributed by atoms with Crippen LogP contribution in [-0.2, 0) is 5.41 Å². The topological polar surface area (TPSA) is 43.6 Å². The van der Waals surface area contributed by atoms with E-state index in [9.17, 15) is 0 Å². The Hall–Kier alpha value is -8.21. The van der Waals surface area contributed by atoms with Gasteiger partial charge in [-0.25, -0.2) is 9.97 Å². The molecule has 13 rings (SSSR count). The highest BCUT2D eigenvalue weighted by Gasteiger charge is 2.50. The molecule has 1 aliphatic carbocycles. The molecule has 0 saturated carbocycles. The van der Waals surface area contributed by atoms with Gasteiger partial charge in [0.05, 0.1) is 39.2 Å². The number of benzene rings is 8. The number of para-hydroxylation sites is 3. The van der Waals surface area contributed by atoms with Crippen LogP contribution in [0.5, 0.6) is 0 Å². The van der Waals surface area contributed by atoms with Crippen LogP contribution in [0.4, 0.5) is 0 Å². The summed E-state index contributed by atoms with van der Waals surface area (Å²) < 4.78 is 2.50. The Morgan fingerprint density at radius 2 is 0.984 bits per heavy atom. The van der Waals surface area contributed by atoms with Gasteiger partial charge in [-0.15, -0.1) is 0 Å². The minimum atomic E-state index is -0.502. The van der Waals surface area contributed by atoms with Gasteiger partial charge in [0.25, 0.3) is 0 Å². The number of rotatable bonds is 5. The Morgan fingerprint density at radius 3 is 1.84 bits per heavy atom. The third kappa shape index (κ3) is 4.98. The number of fused-ring (bicyclic) bond motifs is 12. The molecule has 62 heavy (non-hydrogen) atoms. The van der Waals surface area contributed by atoms with E-state index in [0.717, 1.165) is 44.9 Å². The van der Waals surface area contributed by atoms with Gasteiger partial charge in [0.2, 0.25) is 0 Å². The van der Waals surface area contributed by atoms with Crippen molar-refractivity contribution in [1.82, 2.24) is 19.5 Å². The summed E-state index contributed by atoms with van der Waals surface area (Å²) in [5, 5.41) is 2.56. The molecule has 0 radical (unpaired) electrons. The molecule has 4 nitrogen and oxygen atoms in total. The summed E-state index contributed by atoms with van der Waals surface area (Å²) in [6.07, 6.45) is 1.83. The first-order valence-corrected chi connectivity index (χ1v) is 21.2. The van der Waals surface area contributed by atoms with Gasteiger partial charge in [-0.05, 0) is 87.0 Å². The predicted molar refractivity (Wildman–Crippen MR) is 252 cm³/mol. The number of aromatic nitrogens is 4. The van der Waals surface area contributed by atoms with Gasteiger partial charge in [0.15, 0.2) is 5.82 Å². The summed E-state index contributed by atoms with van der Waals surface area (Å²) in [5.74, 6) is 0.682. The van der Waals surface area contributed by atoms with Crippen molar-refractivity contribution in [3.63, 3.8) is 0 Å². The van der Waals surface area contributed by atoms with Crippen LogP contribution in [0.15, 0.2) is 219 Å². The van der Waals surface area contributed by atoms with Crippen molar-refractivity contribution in [2.45, 2.75) is 5.41 Å². The van der Waals surface area contributed by atoms with E-state index in [0.29, 0.717) is 5.82 Å². The summed E-state index contributed by atoms with van der Waals surface area (Å²) >= 11 is 0. The van der Waals surface area contributed by atoms with Crippen LogP contribution in [-0.4, -0.2) is 19.5 Å². The predicted octanol–water partition coefficient (Wildman–Crippen LogP) is 14.0. The molecule has 0 saturated heterocycles. The SMILES string of the molecule is c1ccc(-c2cc(-c3cccc(-c4ccccn4)c3)nc(-c3ccc(-c4ccc5c(c4)C4(c6ccccc6-5)c5ccccc5-n5c6ccccc6c6cccc4c65)cc3)n2)cc1. The van der Waals surface area contributed by atoms with Gasteiger partial charge in [-0.2, -0.15) is 0 Å². The number of hydrogen-bond donors (Lipinski definition) is 0. The van der Waals surface area contributed by atoms with Gasteiger partial charge in [0, 0.05) is 39.2 Å². The summed E-state index contributed by atoms with van der Waals surface area (Å²) in [6.45, 7) is 0. The highest BCUT2D eigenvalue weighted by Crippen LogP contribution is 2.61. The molecule has 0 amide bonds. The maximum Gasteiger partial charge on any atom is 0.160 e. The van der Waals surface area contributed by atoms with E-state index in [2.05, 4.69) is 198 Å². The monoisotopic (exact) mass is 788 g/mol. The molecular formula is C58H36N4.